The maximum atomic E-state index is 11.5. The van der Waals surface area contributed by atoms with E-state index in [2.05, 4.69) is 11.9 Å². The van der Waals surface area contributed by atoms with Crippen molar-refractivity contribution in [1.82, 2.24) is 5.32 Å². The average Bonchev–Trinajstić information content (AvgIpc) is 2.30. The van der Waals surface area contributed by atoms with Crippen molar-refractivity contribution < 1.29 is 14.3 Å². The van der Waals surface area contributed by atoms with Crippen LogP contribution in [0.25, 0.3) is 0 Å². The van der Waals surface area contributed by atoms with E-state index in [0.717, 1.165) is 6.42 Å². The number of carbonyl (C=O) groups excluding carboxylic acids is 2. The molecule has 1 atom stereocenters. The highest BCUT2D eigenvalue weighted by Gasteiger charge is 2.15. The van der Waals surface area contributed by atoms with Crippen LogP contribution in [-0.2, 0) is 14.3 Å². The first-order valence-corrected chi connectivity index (χ1v) is 5.69. The van der Waals surface area contributed by atoms with Gasteiger partial charge in [0.2, 0.25) is 5.91 Å². The topological polar surface area (TPSA) is 55.4 Å². The number of esters is 1. The number of carbonyl (C=O) groups is 2. The molecule has 1 N–H and O–H groups in total. The van der Waals surface area contributed by atoms with Crippen LogP contribution in [0, 0.1) is 5.92 Å². The van der Waals surface area contributed by atoms with E-state index in [-0.39, 0.29) is 24.4 Å². The minimum absolute atomic E-state index is 0.0332. The van der Waals surface area contributed by atoms with E-state index < -0.39 is 0 Å². The summed E-state index contributed by atoms with van der Waals surface area (Å²) in [5, 5.41) is 2.64. The molecule has 0 saturated carbocycles. The summed E-state index contributed by atoms with van der Waals surface area (Å²) in [6.07, 6.45) is 3.54. The van der Waals surface area contributed by atoms with Crippen LogP contribution >= 0.6 is 0 Å². The number of hydrogen-bond acceptors (Lipinski definition) is 3. The lowest BCUT2D eigenvalue weighted by Gasteiger charge is -2.12. The quantitative estimate of drug-likeness (QED) is 0.390. The Balaban J connectivity index is 3.70. The van der Waals surface area contributed by atoms with Gasteiger partial charge in [0, 0.05) is 6.42 Å². The molecular weight excluding hydrogens is 206 g/mol. The number of amides is 1. The third kappa shape index (κ3) is 6.22. The molecule has 4 nitrogen and oxygen atoms in total. The van der Waals surface area contributed by atoms with Crippen molar-refractivity contribution in [2.24, 2.45) is 5.92 Å². The second kappa shape index (κ2) is 8.95. The fourth-order valence-corrected chi connectivity index (χ4v) is 1.22. The largest absolute Gasteiger partial charge is 0.464 e. The molecule has 0 aromatic rings. The summed E-state index contributed by atoms with van der Waals surface area (Å²) in [7, 11) is 0. The van der Waals surface area contributed by atoms with Gasteiger partial charge < -0.3 is 10.1 Å². The van der Waals surface area contributed by atoms with Crippen molar-refractivity contribution in [3.63, 3.8) is 0 Å². The summed E-state index contributed by atoms with van der Waals surface area (Å²) < 4.78 is 5.04. The van der Waals surface area contributed by atoms with E-state index in [1.54, 1.807) is 13.0 Å². The second-order valence-corrected chi connectivity index (χ2v) is 3.50. The van der Waals surface area contributed by atoms with Crippen LogP contribution in [0.4, 0.5) is 0 Å². The van der Waals surface area contributed by atoms with Gasteiger partial charge in [0.25, 0.3) is 0 Å². The van der Waals surface area contributed by atoms with Crippen LogP contribution in [0.5, 0.6) is 0 Å². The summed E-state index contributed by atoms with van der Waals surface area (Å²) in [6, 6.07) is 0. The number of nitrogens with one attached hydrogen (secondary N) is 1. The summed E-state index contributed by atoms with van der Waals surface area (Å²) in [6.45, 7) is 7.92. The lowest BCUT2D eigenvalue weighted by atomic mass is 10.0. The monoisotopic (exact) mass is 227 g/mol. The number of allylic oxidation sites excluding steroid dienone is 1. The lowest BCUT2D eigenvalue weighted by Crippen LogP contribution is -2.28. The molecule has 0 bridgehead atoms. The highest BCUT2D eigenvalue weighted by molar-refractivity contribution is 5.75. The highest BCUT2D eigenvalue weighted by Crippen LogP contribution is 2.10. The van der Waals surface area contributed by atoms with E-state index in [1.165, 1.54) is 0 Å². The fourth-order valence-electron chi connectivity index (χ4n) is 1.22. The van der Waals surface area contributed by atoms with Crippen molar-refractivity contribution in [1.29, 1.82) is 0 Å². The first-order chi connectivity index (χ1) is 7.65. The Hall–Kier alpha value is -1.32. The molecule has 0 saturated heterocycles. The molecule has 0 spiro atoms. The third-order valence-corrected chi connectivity index (χ3v) is 2.27. The van der Waals surface area contributed by atoms with E-state index >= 15 is 0 Å². The van der Waals surface area contributed by atoms with E-state index in [1.807, 2.05) is 6.92 Å². The number of hydrogen-bond donors (Lipinski definition) is 1. The average molecular weight is 227 g/mol. The molecule has 92 valence electrons. The standard InChI is InChI=1S/C12H21NO3/c1-4-7-10(5-2)12(15)16-9-8-13-11(14)6-3/h4,10H,1,5-9H2,2-3H3,(H,13,14). The normalized spacial score (nSPS) is 11.6. The molecule has 0 aliphatic rings. The molecular formula is C12H21NO3. The maximum absolute atomic E-state index is 11.5. The zero-order chi connectivity index (χ0) is 12.4. The fraction of sp³-hybridized carbons (Fsp3) is 0.667. The minimum atomic E-state index is -0.215. The summed E-state index contributed by atoms with van der Waals surface area (Å²) in [5.41, 5.74) is 0. The van der Waals surface area contributed by atoms with E-state index in [4.69, 9.17) is 4.74 Å². The molecule has 4 heteroatoms. The van der Waals surface area contributed by atoms with Gasteiger partial charge >= 0.3 is 5.97 Å². The van der Waals surface area contributed by atoms with Crippen LogP contribution < -0.4 is 5.32 Å². The van der Waals surface area contributed by atoms with Crippen LogP contribution in [0.1, 0.15) is 33.1 Å². The van der Waals surface area contributed by atoms with E-state index in [9.17, 15) is 9.59 Å². The van der Waals surface area contributed by atoms with Crippen LogP contribution in [0.3, 0.4) is 0 Å². The predicted octanol–water partition coefficient (Wildman–Crippen LogP) is 1.66. The summed E-state index contributed by atoms with van der Waals surface area (Å²) in [5.74, 6) is -0.360. The lowest BCUT2D eigenvalue weighted by molar-refractivity contribution is -0.148. The molecule has 16 heavy (non-hydrogen) atoms. The predicted molar refractivity (Wildman–Crippen MR) is 62.9 cm³/mol. The number of rotatable bonds is 8. The summed E-state index contributed by atoms with van der Waals surface area (Å²) >= 11 is 0. The van der Waals surface area contributed by atoms with Crippen LogP contribution in [-0.4, -0.2) is 25.0 Å². The van der Waals surface area contributed by atoms with Gasteiger partial charge in [-0.3, -0.25) is 9.59 Å². The van der Waals surface area contributed by atoms with Gasteiger partial charge in [0.15, 0.2) is 0 Å². The van der Waals surface area contributed by atoms with Crippen molar-refractivity contribution in [2.75, 3.05) is 13.2 Å². The zero-order valence-corrected chi connectivity index (χ0v) is 10.1. The molecule has 0 fully saturated rings. The molecule has 0 aliphatic heterocycles. The first kappa shape index (κ1) is 14.7. The molecule has 0 aromatic carbocycles. The summed E-state index contributed by atoms with van der Waals surface area (Å²) in [4.78, 5) is 22.4. The number of ether oxygens (including phenoxy) is 1. The Morgan fingerprint density at radius 2 is 2.12 bits per heavy atom. The molecule has 1 unspecified atom stereocenters. The first-order valence-electron chi connectivity index (χ1n) is 5.69. The van der Waals surface area contributed by atoms with Gasteiger partial charge in [0.1, 0.15) is 6.61 Å². The van der Waals surface area contributed by atoms with Gasteiger partial charge in [-0.1, -0.05) is 19.9 Å². The molecule has 0 aliphatic carbocycles. The minimum Gasteiger partial charge on any atom is -0.464 e. The van der Waals surface area contributed by atoms with Crippen molar-refractivity contribution in [2.45, 2.75) is 33.1 Å². The Bertz CT molecular complexity index is 238. The molecule has 0 radical (unpaired) electrons. The van der Waals surface area contributed by atoms with Gasteiger partial charge in [-0.05, 0) is 12.8 Å². The SMILES string of the molecule is C=CCC(CC)C(=O)OCCNC(=O)CC. The van der Waals surface area contributed by atoms with Crippen LogP contribution in [0.15, 0.2) is 12.7 Å². The van der Waals surface area contributed by atoms with Crippen molar-refractivity contribution in [3.05, 3.63) is 12.7 Å². The Morgan fingerprint density at radius 1 is 1.44 bits per heavy atom. The second-order valence-electron chi connectivity index (χ2n) is 3.50. The van der Waals surface area contributed by atoms with Gasteiger partial charge in [-0.25, -0.2) is 0 Å². The smallest absolute Gasteiger partial charge is 0.309 e. The maximum Gasteiger partial charge on any atom is 0.309 e. The Kier molecular flexibility index (Phi) is 8.21. The van der Waals surface area contributed by atoms with Crippen molar-refractivity contribution in [3.8, 4) is 0 Å². The highest BCUT2D eigenvalue weighted by atomic mass is 16.5. The van der Waals surface area contributed by atoms with Crippen molar-refractivity contribution >= 4 is 11.9 Å². The molecule has 0 rings (SSSR count). The van der Waals surface area contributed by atoms with Gasteiger partial charge in [0.05, 0.1) is 12.5 Å². The van der Waals surface area contributed by atoms with E-state index in [0.29, 0.717) is 19.4 Å². The molecule has 0 aromatic heterocycles. The Labute approximate surface area is 97.1 Å². The van der Waals surface area contributed by atoms with Crippen LogP contribution in [0.2, 0.25) is 0 Å². The molecule has 1 amide bonds. The molecule has 0 heterocycles. The third-order valence-electron chi connectivity index (χ3n) is 2.27. The zero-order valence-electron chi connectivity index (χ0n) is 10.1. The van der Waals surface area contributed by atoms with Gasteiger partial charge in [-0.2, -0.15) is 0 Å². The van der Waals surface area contributed by atoms with Gasteiger partial charge in [-0.15, -0.1) is 6.58 Å². The Morgan fingerprint density at radius 3 is 2.62 bits per heavy atom.